The van der Waals surface area contributed by atoms with Gasteiger partial charge in [-0.25, -0.2) is 9.97 Å². The maximum absolute atomic E-state index is 11.6. The van der Waals surface area contributed by atoms with E-state index in [2.05, 4.69) is 67.3 Å². The standard InChI is InChI=1S/C26H26ClN7O/c1-4-23-29-17(3)15-34(23)16-18-9-11-19(12-10-18)32-26-28-14-22(27)25(33-26)31-21-8-6-7-20(13-21)30-24(35)5-2/h5-15H,2,4,16H2,1,3H3,(H,30,35)(H2,28,31,32,33). The molecule has 0 unspecified atom stereocenters. The van der Waals surface area contributed by atoms with E-state index in [1.165, 1.54) is 17.8 Å². The van der Waals surface area contributed by atoms with Crippen molar-refractivity contribution >= 4 is 46.3 Å². The average Bonchev–Trinajstić information content (AvgIpc) is 3.21. The molecule has 0 bridgehead atoms. The minimum Gasteiger partial charge on any atom is -0.339 e. The van der Waals surface area contributed by atoms with Crippen molar-refractivity contribution in [3.05, 3.63) is 95.7 Å². The number of benzene rings is 2. The number of imidazole rings is 1. The van der Waals surface area contributed by atoms with E-state index in [-0.39, 0.29) is 5.91 Å². The zero-order valence-corrected chi connectivity index (χ0v) is 20.3. The first-order valence-electron chi connectivity index (χ1n) is 11.1. The van der Waals surface area contributed by atoms with E-state index in [1.54, 1.807) is 12.1 Å². The third-order valence-electron chi connectivity index (χ3n) is 5.18. The second-order valence-corrected chi connectivity index (χ2v) is 8.30. The SMILES string of the molecule is C=CC(=O)Nc1cccc(Nc2nc(Nc3ccc(Cn4cc(C)nc4CC)cc3)ncc2Cl)c1. The Hall–Kier alpha value is -4.17. The quantitative estimate of drug-likeness (QED) is 0.256. The largest absolute Gasteiger partial charge is 0.339 e. The van der Waals surface area contributed by atoms with Crippen molar-refractivity contribution in [1.82, 2.24) is 19.5 Å². The highest BCUT2D eigenvalue weighted by Crippen LogP contribution is 2.26. The molecule has 0 aliphatic carbocycles. The normalized spacial score (nSPS) is 10.6. The summed E-state index contributed by atoms with van der Waals surface area (Å²) in [6.45, 7) is 8.35. The van der Waals surface area contributed by atoms with Crippen LogP contribution in [0.5, 0.6) is 0 Å². The van der Waals surface area contributed by atoms with Gasteiger partial charge in [-0.15, -0.1) is 0 Å². The first-order chi connectivity index (χ1) is 16.9. The molecule has 178 valence electrons. The molecule has 0 saturated heterocycles. The molecule has 0 radical (unpaired) electrons. The number of hydrogen-bond acceptors (Lipinski definition) is 6. The number of rotatable bonds is 9. The summed E-state index contributed by atoms with van der Waals surface area (Å²) in [6.07, 6.45) is 5.72. The number of aromatic nitrogens is 4. The van der Waals surface area contributed by atoms with Crippen LogP contribution in [0.15, 0.2) is 73.6 Å². The number of halogens is 1. The minimum absolute atomic E-state index is 0.286. The van der Waals surface area contributed by atoms with Crippen molar-refractivity contribution in [2.24, 2.45) is 0 Å². The van der Waals surface area contributed by atoms with Crippen molar-refractivity contribution in [2.45, 2.75) is 26.8 Å². The van der Waals surface area contributed by atoms with Crippen LogP contribution >= 0.6 is 11.6 Å². The second-order valence-electron chi connectivity index (χ2n) is 7.89. The third kappa shape index (κ3) is 6.24. The Morgan fingerprint density at radius 3 is 2.60 bits per heavy atom. The smallest absolute Gasteiger partial charge is 0.247 e. The van der Waals surface area contributed by atoms with Crippen molar-refractivity contribution < 1.29 is 4.79 Å². The van der Waals surface area contributed by atoms with Crippen LogP contribution < -0.4 is 16.0 Å². The lowest BCUT2D eigenvalue weighted by Crippen LogP contribution is -2.07. The molecule has 9 heteroatoms. The molecular formula is C26H26ClN7O. The van der Waals surface area contributed by atoms with Crippen LogP contribution in [-0.4, -0.2) is 25.4 Å². The Morgan fingerprint density at radius 2 is 1.86 bits per heavy atom. The molecule has 0 atom stereocenters. The summed E-state index contributed by atoms with van der Waals surface area (Å²) in [5.41, 5.74) is 4.39. The van der Waals surface area contributed by atoms with Gasteiger partial charge in [-0.1, -0.05) is 43.3 Å². The van der Waals surface area contributed by atoms with Gasteiger partial charge in [-0.2, -0.15) is 4.98 Å². The van der Waals surface area contributed by atoms with E-state index in [0.717, 1.165) is 30.2 Å². The van der Waals surface area contributed by atoms with Crippen LogP contribution in [0, 0.1) is 6.92 Å². The molecule has 35 heavy (non-hydrogen) atoms. The summed E-state index contributed by atoms with van der Waals surface area (Å²) >= 11 is 6.31. The Labute approximate surface area is 209 Å². The first kappa shape index (κ1) is 24.0. The lowest BCUT2D eigenvalue weighted by atomic mass is 10.2. The van der Waals surface area contributed by atoms with Crippen molar-refractivity contribution in [3.63, 3.8) is 0 Å². The van der Waals surface area contributed by atoms with Gasteiger partial charge in [0.15, 0.2) is 5.82 Å². The van der Waals surface area contributed by atoms with Crippen LogP contribution in [0.2, 0.25) is 5.02 Å². The monoisotopic (exact) mass is 487 g/mol. The summed E-state index contributed by atoms with van der Waals surface area (Å²) in [5.74, 6) is 1.63. The maximum atomic E-state index is 11.6. The number of carbonyl (C=O) groups is 1. The van der Waals surface area contributed by atoms with Gasteiger partial charge < -0.3 is 20.5 Å². The fourth-order valence-corrected chi connectivity index (χ4v) is 3.69. The van der Waals surface area contributed by atoms with Gasteiger partial charge in [0.05, 0.1) is 11.9 Å². The second kappa shape index (κ2) is 10.8. The topological polar surface area (TPSA) is 96.8 Å². The highest BCUT2D eigenvalue weighted by atomic mass is 35.5. The van der Waals surface area contributed by atoms with Crippen LogP contribution in [0.3, 0.4) is 0 Å². The molecule has 0 fully saturated rings. The number of anilines is 5. The molecule has 4 aromatic rings. The van der Waals surface area contributed by atoms with E-state index in [0.29, 0.717) is 28.2 Å². The summed E-state index contributed by atoms with van der Waals surface area (Å²) in [6, 6.07) is 15.3. The average molecular weight is 488 g/mol. The predicted octanol–water partition coefficient (Wildman–Crippen LogP) is 5.86. The zero-order valence-electron chi connectivity index (χ0n) is 19.5. The van der Waals surface area contributed by atoms with Crippen LogP contribution in [0.4, 0.5) is 28.8 Å². The van der Waals surface area contributed by atoms with Gasteiger partial charge in [0, 0.05) is 36.2 Å². The number of amides is 1. The van der Waals surface area contributed by atoms with E-state index >= 15 is 0 Å². The van der Waals surface area contributed by atoms with Crippen LogP contribution in [0.25, 0.3) is 0 Å². The maximum Gasteiger partial charge on any atom is 0.247 e. The fraction of sp³-hybridized carbons (Fsp3) is 0.154. The highest BCUT2D eigenvalue weighted by molar-refractivity contribution is 6.32. The number of nitrogens with zero attached hydrogens (tertiary/aromatic N) is 4. The Balaban J connectivity index is 1.45. The van der Waals surface area contributed by atoms with Gasteiger partial charge in [-0.05, 0) is 48.9 Å². The van der Waals surface area contributed by atoms with Gasteiger partial charge in [0.1, 0.15) is 10.8 Å². The summed E-state index contributed by atoms with van der Waals surface area (Å²) in [7, 11) is 0. The number of nitrogens with one attached hydrogen (secondary N) is 3. The molecule has 0 saturated carbocycles. The van der Waals surface area contributed by atoms with Crippen molar-refractivity contribution in [3.8, 4) is 0 Å². The van der Waals surface area contributed by atoms with Crippen LogP contribution in [-0.2, 0) is 17.8 Å². The fourth-order valence-electron chi connectivity index (χ4n) is 3.55. The van der Waals surface area contributed by atoms with E-state index in [1.807, 2.05) is 31.2 Å². The molecule has 0 spiro atoms. The summed E-state index contributed by atoms with van der Waals surface area (Å²) < 4.78 is 2.18. The van der Waals surface area contributed by atoms with Crippen LogP contribution in [0.1, 0.15) is 24.0 Å². The molecule has 1 amide bonds. The van der Waals surface area contributed by atoms with Gasteiger partial charge in [0.2, 0.25) is 11.9 Å². The molecule has 0 aliphatic rings. The van der Waals surface area contributed by atoms with E-state index in [4.69, 9.17) is 11.6 Å². The lowest BCUT2D eigenvalue weighted by Gasteiger charge is -2.12. The van der Waals surface area contributed by atoms with Crippen molar-refractivity contribution in [1.29, 1.82) is 0 Å². The first-order valence-corrected chi connectivity index (χ1v) is 11.5. The zero-order chi connectivity index (χ0) is 24.8. The van der Waals surface area contributed by atoms with Crippen molar-refractivity contribution in [2.75, 3.05) is 16.0 Å². The molecule has 3 N–H and O–H groups in total. The molecule has 4 rings (SSSR count). The number of hydrogen-bond donors (Lipinski definition) is 3. The molecule has 8 nitrogen and oxygen atoms in total. The lowest BCUT2D eigenvalue weighted by molar-refractivity contribution is -0.111. The summed E-state index contributed by atoms with van der Waals surface area (Å²) in [4.78, 5) is 24.9. The molecule has 2 aromatic carbocycles. The third-order valence-corrected chi connectivity index (χ3v) is 5.46. The van der Waals surface area contributed by atoms with Gasteiger partial charge in [0.25, 0.3) is 0 Å². The molecule has 2 aromatic heterocycles. The Morgan fingerprint density at radius 1 is 1.09 bits per heavy atom. The van der Waals surface area contributed by atoms with Gasteiger partial charge in [-0.3, -0.25) is 4.79 Å². The van der Waals surface area contributed by atoms with E-state index < -0.39 is 0 Å². The molecular weight excluding hydrogens is 462 g/mol. The number of aryl methyl sites for hydroxylation is 2. The number of carbonyl (C=O) groups excluding carboxylic acids is 1. The summed E-state index contributed by atoms with van der Waals surface area (Å²) in [5, 5.41) is 9.48. The molecule has 0 aliphatic heterocycles. The van der Waals surface area contributed by atoms with Gasteiger partial charge >= 0.3 is 0 Å². The predicted molar refractivity (Wildman–Crippen MR) is 141 cm³/mol. The highest BCUT2D eigenvalue weighted by Gasteiger charge is 2.09. The minimum atomic E-state index is -0.286. The molecule has 2 heterocycles. The Bertz CT molecular complexity index is 1350. The Kier molecular flexibility index (Phi) is 7.42. The van der Waals surface area contributed by atoms with E-state index in [9.17, 15) is 4.79 Å².